The van der Waals surface area contributed by atoms with E-state index in [0.29, 0.717) is 0 Å². The van der Waals surface area contributed by atoms with Crippen LogP contribution >= 0.6 is 22.6 Å². The van der Waals surface area contributed by atoms with Gasteiger partial charge in [-0.15, -0.1) is 0 Å². The maximum Gasteiger partial charge on any atom is 0.433 e. The molecule has 1 amide bonds. The quantitative estimate of drug-likeness (QED) is 0.739. The zero-order chi connectivity index (χ0) is 14.8. The lowest BCUT2D eigenvalue weighted by Crippen LogP contribution is -2.27. The average molecular weight is 388 g/mol. The number of rotatable bonds is 1. The third kappa shape index (κ3) is 5.21. The van der Waals surface area contributed by atoms with Crippen molar-refractivity contribution in [3.63, 3.8) is 0 Å². The fraction of sp³-hybridized carbons (Fsp3) is 0.455. The van der Waals surface area contributed by atoms with E-state index in [1.807, 2.05) is 0 Å². The van der Waals surface area contributed by atoms with E-state index in [9.17, 15) is 18.0 Å². The number of carbonyl (C=O) groups excluding carboxylic acids is 1. The molecular formula is C11H12F3IN2O2. The highest BCUT2D eigenvalue weighted by Crippen LogP contribution is 2.30. The molecule has 0 radical (unpaired) electrons. The summed E-state index contributed by atoms with van der Waals surface area (Å²) in [4.78, 5) is 14.7. The molecular weight excluding hydrogens is 376 g/mol. The monoisotopic (exact) mass is 388 g/mol. The minimum atomic E-state index is -4.51. The number of hydrogen-bond acceptors (Lipinski definition) is 3. The van der Waals surface area contributed by atoms with Crippen molar-refractivity contribution in [1.82, 2.24) is 4.98 Å². The van der Waals surface area contributed by atoms with Crippen LogP contribution in [0.15, 0.2) is 12.3 Å². The number of ether oxygens (including phenoxy) is 1. The Bertz CT molecular complexity index is 484. The van der Waals surface area contributed by atoms with E-state index in [-0.39, 0.29) is 9.26 Å². The molecule has 0 atom stereocenters. The number of amides is 1. The van der Waals surface area contributed by atoms with Crippen LogP contribution in [-0.4, -0.2) is 16.7 Å². The number of alkyl halides is 3. The number of anilines is 1. The Morgan fingerprint density at radius 3 is 2.37 bits per heavy atom. The predicted molar refractivity (Wildman–Crippen MR) is 71.8 cm³/mol. The average Bonchev–Trinajstić information content (AvgIpc) is 2.16. The van der Waals surface area contributed by atoms with E-state index in [0.717, 1.165) is 12.3 Å². The van der Waals surface area contributed by atoms with E-state index in [1.54, 1.807) is 43.4 Å². The van der Waals surface area contributed by atoms with Crippen LogP contribution in [0.4, 0.5) is 23.7 Å². The van der Waals surface area contributed by atoms with Crippen LogP contribution in [0.1, 0.15) is 26.5 Å². The van der Waals surface area contributed by atoms with Crippen molar-refractivity contribution >= 4 is 34.4 Å². The van der Waals surface area contributed by atoms with E-state index in [1.165, 1.54) is 0 Å². The van der Waals surface area contributed by atoms with Crippen molar-refractivity contribution in [3.05, 3.63) is 21.5 Å². The van der Waals surface area contributed by atoms with Gasteiger partial charge in [0.05, 0.1) is 11.9 Å². The fourth-order valence-corrected chi connectivity index (χ4v) is 1.66. The summed E-state index contributed by atoms with van der Waals surface area (Å²) in [6.07, 6.45) is -4.30. The number of nitrogens with zero attached hydrogens (tertiary/aromatic N) is 1. The fourth-order valence-electron chi connectivity index (χ4n) is 1.09. The molecule has 0 aromatic carbocycles. The lowest BCUT2D eigenvalue weighted by Gasteiger charge is -2.20. The van der Waals surface area contributed by atoms with Crippen LogP contribution in [0.25, 0.3) is 0 Å². The number of hydrogen-bond donors (Lipinski definition) is 1. The van der Waals surface area contributed by atoms with E-state index in [4.69, 9.17) is 4.74 Å². The summed E-state index contributed by atoms with van der Waals surface area (Å²) in [5.41, 5.74) is -1.52. The van der Waals surface area contributed by atoms with Crippen molar-refractivity contribution in [2.75, 3.05) is 5.32 Å². The predicted octanol–water partition coefficient (Wildman–Crippen LogP) is 4.05. The summed E-state index contributed by atoms with van der Waals surface area (Å²) in [6.45, 7) is 5.05. The van der Waals surface area contributed by atoms with Gasteiger partial charge in [0.1, 0.15) is 11.3 Å². The van der Waals surface area contributed by atoms with E-state index >= 15 is 0 Å². The zero-order valence-corrected chi connectivity index (χ0v) is 12.6. The molecule has 0 bridgehead atoms. The maximum absolute atomic E-state index is 12.4. The minimum absolute atomic E-state index is 0.169. The van der Waals surface area contributed by atoms with Gasteiger partial charge >= 0.3 is 12.3 Å². The molecule has 1 aromatic rings. The highest BCUT2D eigenvalue weighted by atomic mass is 127. The molecule has 1 N–H and O–H groups in total. The van der Waals surface area contributed by atoms with Gasteiger partial charge < -0.3 is 4.74 Å². The normalized spacial score (nSPS) is 12.2. The molecule has 0 aliphatic rings. The Morgan fingerprint density at radius 1 is 1.37 bits per heavy atom. The molecule has 0 aliphatic heterocycles. The van der Waals surface area contributed by atoms with Crippen molar-refractivity contribution in [2.24, 2.45) is 0 Å². The molecule has 0 unspecified atom stereocenters. The molecule has 0 saturated heterocycles. The van der Waals surface area contributed by atoms with Crippen LogP contribution < -0.4 is 5.32 Å². The third-order valence-corrected chi connectivity index (χ3v) is 2.67. The Hall–Kier alpha value is -1.06. The molecule has 1 aromatic heterocycles. The molecule has 0 saturated carbocycles. The summed E-state index contributed by atoms with van der Waals surface area (Å²) in [6, 6.07) is 0.854. The third-order valence-electron chi connectivity index (χ3n) is 1.78. The number of nitrogens with one attached hydrogen (secondary N) is 1. The Labute approximate surface area is 121 Å². The van der Waals surface area contributed by atoms with Gasteiger partial charge in [0, 0.05) is 3.57 Å². The molecule has 1 heterocycles. The number of carbonyl (C=O) groups is 1. The second kappa shape index (κ2) is 5.51. The van der Waals surface area contributed by atoms with Gasteiger partial charge in [0.2, 0.25) is 0 Å². The van der Waals surface area contributed by atoms with Crippen LogP contribution in [-0.2, 0) is 10.9 Å². The smallest absolute Gasteiger partial charge is 0.433 e. The first kappa shape index (κ1) is 16.0. The Balaban J connectivity index is 2.84. The largest absolute Gasteiger partial charge is 0.444 e. The van der Waals surface area contributed by atoms with Gasteiger partial charge in [-0.3, -0.25) is 5.32 Å². The van der Waals surface area contributed by atoms with E-state index < -0.39 is 23.6 Å². The van der Waals surface area contributed by atoms with Crippen molar-refractivity contribution < 1.29 is 22.7 Å². The van der Waals surface area contributed by atoms with Crippen molar-refractivity contribution in [3.8, 4) is 0 Å². The first-order chi connectivity index (χ1) is 8.49. The van der Waals surface area contributed by atoms with Gasteiger partial charge in [-0.1, -0.05) is 0 Å². The molecule has 0 spiro atoms. The van der Waals surface area contributed by atoms with Gasteiger partial charge in [0.15, 0.2) is 0 Å². The summed E-state index contributed by atoms with van der Waals surface area (Å²) in [5.74, 6) is 0. The SMILES string of the molecule is CC(C)(C)OC(=O)Nc1cnc(C(F)(F)F)cc1I. The van der Waals surface area contributed by atoms with Crippen molar-refractivity contribution in [2.45, 2.75) is 32.5 Å². The summed E-state index contributed by atoms with van der Waals surface area (Å²) >= 11 is 1.69. The molecule has 8 heteroatoms. The molecule has 0 aliphatic carbocycles. The minimum Gasteiger partial charge on any atom is -0.444 e. The van der Waals surface area contributed by atoms with Gasteiger partial charge in [-0.2, -0.15) is 13.2 Å². The van der Waals surface area contributed by atoms with Gasteiger partial charge in [-0.25, -0.2) is 9.78 Å². The Kier molecular flexibility index (Phi) is 4.64. The van der Waals surface area contributed by atoms with Crippen LogP contribution in [0.3, 0.4) is 0 Å². The molecule has 106 valence electrons. The zero-order valence-electron chi connectivity index (χ0n) is 10.4. The molecule has 1 rings (SSSR count). The first-order valence-corrected chi connectivity index (χ1v) is 6.29. The highest BCUT2D eigenvalue weighted by molar-refractivity contribution is 14.1. The van der Waals surface area contributed by atoms with E-state index in [2.05, 4.69) is 10.3 Å². The summed E-state index contributed by atoms with van der Waals surface area (Å²) in [7, 11) is 0. The first-order valence-electron chi connectivity index (χ1n) is 5.22. The lowest BCUT2D eigenvalue weighted by atomic mass is 10.2. The summed E-state index contributed by atoms with van der Waals surface area (Å²) in [5, 5.41) is 2.35. The molecule has 4 nitrogen and oxygen atoms in total. The number of pyridine rings is 1. The second-order valence-electron chi connectivity index (χ2n) is 4.67. The lowest BCUT2D eigenvalue weighted by molar-refractivity contribution is -0.141. The number of halogens is 4. The maximum atomic E-state index is 12.4. The summed E-state index contributed by atoms with van der Waals surface area (Å²) < 4.78 is 42.4. The van der Waals surface area contributed by atoms with Gasteiger partial charge in [-0.05, 0) is 49.4 Å². The Morgan fingerprint density at radius 2 is 1.95 bits per heavy atom. The second-order valence-corrected chi connectivity index (χ2v) is 5.84. The van der Waals surface area contributed by atoms with Crippen LogP contribution in [0.5, 0.6) is 0 Å². The molecule has 19 heavy (non-hydrogen) atoms. The van der Waals surface area contributed by atoms with Crippen molar-refractivity contribution in [1.29, 1.82) is 0 Å². The highest BCUT2D eigenvalue weighted by Gasteiger charge is 2.33. The van der Waals surface area contributed by atoms with Gasteiger partial charge in [0.25, 0.3) is 0 Å². The van der Waals surface area contributed by atoms with Crippen LogP contribution in [0.2, 0.25) is 0 Å². The topological polar surface area (TPSA) is 51.2 Å². The molecule has 0 fully saturated rings. The number of aromatic nitrogens is 1. The van der Waals surface area contributed by atoms with Crippen LogP contribution in [0, 0.1) is 3.57 Å². The standard InChI is InChI=1S/C11H12F3IN2O2/c1-10(2,3)19-9(18)17-7-5-16-8(4-6(7)15)11(12,13)14/h4-5H,1-3H3,(H,17,18).